The lowest BCUT2D eigenvalue weighted by Crippen LogP contribution is -2.23. The maximum atomic E-state index is 13.6. The first-order chi connectivity index (χ1) is 15.8. The SMILES string of the molecule is COC(=O)c1ccc2c3ncc(Br)cc3n(Cc3cccc(C4CCC(F)(F)CC4)c3)c2c1. The first-order valence-electron chi connectivity index (χ1n) is 11.0. The topological polar surface area (TPSA) is 44.1 Å². The molecular weight excluding hydrogens is 490 g/mol. The number of carbonyl (C=O) groups is 1. The van der Waals surface area contributed by atoms with Crippen molar-refractivity contribution in [1.82, 2.24) is 9.55 Å². The van der Waals surface area contributed by atoms with Crippen molar-refractivity contribution in [2.24, 2.45) is 0 Å². The summed E-state index contributed by atoms with van der Waals surface area (Å²) in [5.74, 6) is -2.77. The third-order valence-electron chi connectivity index (χ3n) is 6.57. The summed E-state index contributed by atoms with van der Waals surface area (Å²) in [6.07, 6.45) is 2.67. The van der Waals surface area contributed by atoms with Crippen LogP contribution in [0.2, 0.25) is 0 Å². The first kappa shape index (κ1) is 22.0. The zero-order chi connectivity index (χ0) is 23.2. The Hall–Kier alpha value is -2.80. The zero-order valence-electron chi connectivity index (χ0n) is 18.2. The number of alkyl halides is 2. The van der Waals surface area contributed by atoms with E-state index in [0.717, 1.165) is 37.5 Å². The fourth-order valence-electron chi connectivity index (χ4n) is 4.84. The Morgan fingerprint density at radius 2 is 1.94 bits per heavy atom. The molecule has 2 aromatic carbocycles. The number of halogens is 3. The van der Waals surface area contributed by atoms with Gasteiger partial charge in [0.2, 0.25) is 5.92 Å². The van der Waals surface area contributed by atoms with E-state index in [1.54, 1.807) is 12.3 Å². The molecule has 1 saturated carbocycles. The van der Waals surface area contributed by atoms with E-state index in [4.69, 9.17) is 4.74 Å². The molecule has 0 spiro atoms. The van der Waals surface area contributed by atoms with E-state index < -0.39 is 5.92 Å². The summed E-state index contributed by atoms with van der Waals surface area (Å²) in [6, 6.07) is 15.7. The highest BCUT2D eigenvalue weighted by atomic mass is 79.9. The summed E-state index contributed by atoms with van der Waals surface area (Å²) in [5.41, 5.74) is 5.36. The molecule has 0 amide bonds. The summed E-state index contributed by atoms with van der Waals surface area (Å²) in [4.78, 5) is 16.8. The summed E-state index contributed by atoms with van der Waals surface area (Å²) in [7, 11) is 1.37. The molecule has 170 valence electrons. The lowest BCUT2D eigenvalue weighted by atomic mass is 9.82. The van der Waals surface area contributed by atoms with E-state index in [2.05, 4.69) is 31.5 Å². The van der Waals surface area contributed by atoms with Gasteiger partial charge in [0.05, 0.1) is 29.2 Å². The van der Waals surface area contributed by atoms with Crippen molar-refractivity contribution in [3.8, 4) is 0 Å². The van der Waals surface area contributed by atoms with Gasteiger partial charge >= 0.3 is 5.97 Å². The van der Waals surface area contributed by atoms with Gasteiger partial charge in [0.15, 0.2) is 0 Å². The van der Waals surface area contributed by atoms with Gasteiger partial charge in [-0.05, 0) is 70.1 Å². The highest BCUT2D eigenvalue weighted by molar-refractivity contribution is 9.10. The molecule has 0 unspecified atom stereocenters. The molecular formula is C26H23BrF2N2O2. The molecule has 5 rings (SSSR count). The summed E-state index contributed by atoms with van der Waals surface area (Å²) in [6.45, 7) is 0.569. The second-order valence-corrected chi connectivity index (χ2v) is 9.62. The van der Waals surface area contributed by atoms with Crippen molar-refractivity contribution in [1.29, 1.82) is 0 Å². The van der Waals surface area contributed by atoms with Crippen molar-refractivity contribution < 1.29 is 18.3 Å². The smallest absolute Gasteiger partial charge is 0.337 e. The van der Waals surface area contributed by atoms with Gasteiger partial charge < -0.3 is 9.30 Å². The number of rotatable bonds is 4. The van der Waals surface area contributed by atoms with Crippen LogP contribution in [0, 0.1) is 0 Å². The molecule has 7 heteroatoms. The second-order valence-electron chi connectivity index (χ2n) is 8.71. The van der Waals surface area contributed by atoms with Crippen LogP contribution in [0.1, 0.15) is 53.1 Å². The monoisotopic (exact) mass is 512 g/mol. The van der Waals surface area contributed by atoms with Gasteiger partial charge in [-0.3, -0.25) is 4.98 Å². The highest BCUT2D eigenvalue weighted by Crippen LogP contribution is 2.41. The highest BCUT2D eigenvalue weighted by Gasteiger charge is 2.35. The van der Waals surface area contributed by atoms with Gasteiger partial charge in [0.25, 0.3) is 0 Å². The predicted molar refractivity (Wildman–Crippen MR) is 128 cm³/mol. The summed E-state index contributed by atoms with van der Waals surface area (Å²) in [5, 5.41) is 0.954. The van der Waals surface area contributed by atoms with Crippen LogP contribution >= 0.6 is 15.9 Å². The minimum Gasteiger partial charge on any atom is -0.465 e. The van der Waals surface area contributed by atoms with Gasteiger partial charge in [-0.15, -0.1) is 0 Å². The lowest BCUT2D eigenvalue weighted by molar-refractivity contribution is -0.0382. The van der Waals surface area contributed by atoms with E-state index >= 15 is 0 Å². The van der Waals surface area contributed by atoms with Gasteiger partial charge in [0.1, 0.15) is 0 Å². The lowest BCUT2D eigenvalue weighted by Gasteiger charge is -2.28. The van der Waals surface area contributed by atoms with Gasteiger partial charge in [-0.2, -0.15) is 0 Å². The molecule has 2 heterocycles. The van der Waals surface area contributed by atoms with Crippen LogP contribution in [0.4, 0.5) is 8.78 Å². The number of ether oxygens (including phenoxy) is 1. The molecule has 0 radical (unpaired) electrons. The quantitative estimate of drug-likeness (QED) is 0.274. The largest absolute Gasteiger partial charge is 0.465 e. The van der Waals surface area contributed by atoms with Crippen LogP contribution in [0.25, 0.3) is 21.9 Å². The normalized spacial score (nSPS) is 16.4. The molecule has 0 saturated heterocycles. The standard InChI is InChI=1S/C26H23BrF2N2O2/c1-33-25(32)19-5-6-21-22(12-19)31(23-13-20(27)14-30-24(21)23)15-16-3-2-4-18(11-16)17-7-9-26(28,29)10-8-17/h2-6,11-14,17H,7-10,15H2,1H3. The van der Waals surface area contributed by atoms with Crippen LogP contribution in [0.5, 0.6) is 0 Å². The predicted octanol–water partition coefficient (Wildman–Crippen LogP) is 7.08. The fourth-order valence-corrected chi connectivity index (χ4v) is 5.16. The summed E-state index contributed by atoms with van der Waals surface area (Å²) >= 11 is 3.52. The molecule has 0 bridgehead atoms. The van der Waals surface area contributed by atoms with Crippen molar-refractivity contribution in [3.05, 3.63) is 75.9 Å². The van der Waals surface area contributed by atoms with E-state index in [1.165, 1.54) is 7.11 Å². The van der Waals surface area contributed by atoms with Crippen molar-refractivity contribution in [2.75, 3.05) is 7.11 Å². The maximum absolute atomic E-state index is 13.6. The van der Waals surface area contributed by atoms with Crippen molar-refractivity contribution >= 4 is 43.8 Å². The number of methoxy groups -OCH3 is 1. The zero-order valence-corrected chi connectivity index (χ0v) is 19.7. The van der Waals surface area contributed by atoms with E-state index in [-0.39, 0.29) is 24.7 Å². The third-order valence-corrected chi connectivity index (χ3v) is 7.00. The Morgan fingerprint density at radius 3 is 2.70 bits per heavy atom. The van der Waals surface area contributed by atoms with Crippen LogP contribution in [0.3, 0.4) is 0 Å². The minimum absolute atomic E-state index is 0.0508. The molecule has 4 aromatic rings. The van der Waals surface area contributed by atoms with Crippen LogP contribution in [-0.4, -0.2) is 28.6 Å². The average molecular weight is 513 g/mol. The van der Waals surface area contributed by atoms with Gasteiger partial charge in [0, 0.05) is 35.4 Å². The fraction of sp³-hybridized carbons (Fsp3) is 0.308. The molecule has 4 nitrogen and oxygen atoms in total. The number of aromatic nitrogens is 2. The Morgan fingerprint density at radius 1 is 1.15 bits per heavy atom. The Bertz CT molecular complexity index is 1360. The van der Waals surface area contributed by atoms with Crippen molar-refractivity contribution in [2.45, 2.75) is 44.1 Å². The Labute approximate surface area is 198 Å². The van der Waals surface area contributed by atoms with E-state index in [0.29, 0.717) is 24.9 Å². The third kappa shape index (κ3) is 4.26. The molecule has 0 atom stereocenters. The van der Waals surface area contributed by atoms with Crippen LogP contribution in [0.15, 0.2) is 59.2 Å². The number of nitrogens with zero attached hydrogens (tertiary/aromatic N) is 2. The molecule has 33 heavy (non-hydrogen) atoms. The summed E-state index contributed by atoms with van der Waals surface area (Å²) < 4.78 is 35.2. The number of hydrogen-bond donors (Lipinski definition) is 0. The number of esters is 1. The van der Waals surface area contributed by atoms with E-state index in [9.17, 15) is 13.6 Å². The van der Waals surface area contributed by atoms with Gasteiger partial charge in [-0.1, -0.05) is 24.3 Å². The average Bonchev–Trinajstić information content (AvgIpc) is 3.10. The molecule has 1 aliphatic rings. The number of carbonyl (C=O) groups excluding carboxylic acids is 1. The number of benzene rings is 2. The molecule has 1 fully saturated rings. The number of pyridine rings is 1. The number of hydrogen-bond acceptors (Lipinski definition) is 3. The second kappa shape index (κ2) is 8.52. The van der Waals surface area contributed by atoms with Crippen LogP contribution < -0.4 is 0 Å². The van der Waals surface area contributed by atoms with Crippen LogP contribution in [-0.2, 0) is 11.3 Å². The number of fused-ring (bicyclic) bond motifs is 3. The van der Waals surface area contributed by atoms with Gasteiger partial charge in [-0.25, -0.2) is 13.6 Å². The molecule has 1 aliphatic carbocycles. The maximum Gasteiger partial charge on any atom is 0.337 e. The van der Waals surface area contributed by atoms with Crippen molar-refractivity contribution in [3.63, 3.8) is 0 Å². The molecule has 2 aromatic heterocycles. The Kier molecular flexibility index (Phi) is 5.69. The molecule has 0 N–H and O–H groups in total. The first-order valence-corrected chi connectivity index (χ1v) is 11.8. The molecule has 0 aliphatic heterocycles. The Balaban J connectivity index is 1.56. The van der Waals surface area contributed by atoms with E-state index in [1.807, 2.05) is 36.4 Å². The minimum atomic E-state index is -2.53.